The Labute approximate surface area is 184 Å². The van der Waals surface area contributed by atoms with Crippen LogP contribution in [0.1, 0.15) is 11.3 Å². The summed E-state index contributed by atoms with van der Waals surface area (Å²) in [6.45, 7) is 0.478. The molecule has 4 nitrogen and oxygen atoms in total. The fourth-order valence-corrected chi connectivity index (χ4v) is 3.69. The molecule has 2 aromatic heterocycles. The molecule has 0 bridgehead atoms. The number of hydrogen-bond donors (Lipinski definition) is 1. The van der Waals surface area contributed by atoms with Crippen molar-refractivity contribution in [3.63, 3.8) is 0 Å². The van der Waals surface area contributed by atoms with Crippen LogP contribution in [0.15, 0.2) is 79.1 Å². The van der Waals surface area contributed by atoms with Gasteiger partial charge in [0.15, 0.2) is 5.65 Å². The van der Waals surface area contributed by atoms with Gasteiger partial charge in [-0.05, 0) is 28.8 Å². The maximum Gasteiger partial charge on any atom is 0.244 e. The second-order valence-corrected chi connectivity index (χ2v) is 7.68. The second-order valence-electron chi connectivity index (χ2n) is 6.83. The van der Waals surface area contributed by atoms with Crippen LogP contribution < -0.4 is 5.32 Å². The third-order valence-electron chi connectivity index (χ3n) is 4.65. The molecule has 2 heterocycles. The fraction of sp³-hybridized carbons (Fsp3) is 0.0833. The van der Waals surface area contributed by atoms with Crippen LogP contribution in [-0.4, -0.2) is 21.8 Å². The number of halogens is 2. The van der Waals surface area contributed by atoms with E-state index >= 15 is 0 Å². The van der Waals surface area contributed by atoms with E-state index in [2.05, 4.69) is 22.4 Å². The van der Waals surface area contributed by atoms with E-state index in [1.165, 1.54) is 11.6 Å². The summed E-state index contributed by atoms with van der Waals surface area (Å²) in [5.74, 6) is -0.146. The summed E-state index contributed by atoms with van der Waals surface area (Å²) in [6.07, 6.45) is 7.56. The van der Waals surface area contributed by atoms with Gasteiger partial charge in [-0.1, -0.05) is 77.8 Å². The van der Waals surface area contributed by atoms with Gasteiger partial charge in [0.2, 0.25) is 5.91 Å². The summed E-state index contributed by atoms with van der Waals surface area (Å²) < 4.78 is 1.79. The number of pyridine rings is 1. The number of aromatic nitrogens is 2. The first kappa shape index (κ1) is 20.2. The summed E-state index contributed by atoms with van der Waals surface area (Å²) in [4.78, 5) is 16.6. The predicted molar refractivity (Wildman–Crippen MR) is 123 cm³/mol. The molecule has 4 aromatic rings. The lowest BCUT2D eigenvalue weighted by Crippen LogP contribution is -2.23. The molecule has 4 rings (SSSR count). The van der Waals surface area contributed by atoms with E-state index < -0.39 is 0 Å². The zero-order valence-corrected chi connectivity index (χ0v) is 17.6. The first-order valence-electron chi connectivity index (χ1n) is 9.52. The highest BCUT2D eigenvalue weighted by molar-refractivity contribution is 6.36. The van der Waals surface area contributed by atoms with Crippen molar-refractivity contribution in [2.45, 2.75) is 6.42 Å². The van der Waals surface area contributed by atoms with Gasteiger partial charge in [0.25, 0.3) is 0 Å². The standard InChI is InChI=1S/C24H19Cl2N3O/c25-20-14-22(26)24-28-21(16-29(24)15-20)12-13-27-23(30)11-8-17-6-9-19(10-7-17)18-4-2-1-3-5-18/h1-11,14-16H,12-13H2,(H,27,30)/b11-8+. The molecule has 0 aliphatic heterocycles. The Morgan fingerprint density at radius 1 is 1.00 bits per heavy atom. The van der Waals surface area contributed by atoms with Crippen molar-refractivity contribution in [2.24, 2.45) is 0 Å². The number of fused-ring (bicyclic) bond motifs is 1. The fourth-order valence-electron chi connectivity index (χ4n) is 3.16. The van der Waals surface area contributed by atoms with Crippen LogP contribution in [-0.2, 0) is 11.2 Å². The average Bonchev–Trinajstić information content (AvgIpc) is 3.16. The van der Waals surface area contributed by atoms with Gasteiger partial charge < -0.3 is 9.72 Å². The Balaban J connectivity index is 1.30. The number of carbonyl (C=O) groups excluding carboxylic acids is 1. The molecule has 2 aromatic carbocycles. The Morgan fingerprint density at radius 3 is 2.50 bits per heavy atom. The van der Waals surface area contributed by atoms with Gasteiger partial charge in [-0.15, -0.1) is 0 Å². The Kier molecular flexibility index (Phi) is 6.17. The van der Waals surface area contributed by atoms with Crippen molar-refractivity contribution < 1.29 is 4.79 Å². The monoisotopic (exact) mass is 435 g/mol. The zero-order chi connectivity index (χ0) is 20.9. The number of benzene rings is 2. The number of carbonyl (C=O) groups is 1. The van der Waals surface area contributed by atoms with Gasteiger partial charge in [0.05, 0.1) is 15.7 Å². The number of imidazole rings is 1. The van der Waals surface area contributed by atoms with Crippen LogP contribution in [0.5, 0.6) is 0 Å². The van der Waals surface area contributed by atoms with Gasteiger partial charge in [-0.25, -0.2) is 4.98 Å². The van der Waals surface area contributed by atoms with Gasteiger partial charge in [0, 0.05) is 31.4 Å². The maximum atomic E-state index is 12.1. The molecule has 0 atom stereocenters. The molecule has 0 saturated heterocycles. The quantitative estimate of drug-likeness (QED) is 0.396. The normalized spacial score (nSPS) is 11.3. The lowest BCUT2D eigenvalue weighted by molar-refractivity contribution is -0.116. The van der Waals surface area contributed by atoms with Crippen molar-refractivity contribution in [3.05, 3.63) is 100 Å². The number of hydrogen-bond acceptors (Lipinski definition) is 2. The van der Waals surface area contributed by atoms with Gasteiger partial charge in [-0.2, -0.15) is 0 Å². The Morgan fingerprint density at radius 2 is 1.73 bits per heavy atom. The van der Waals surface area contributed by atoms with Crippen LogP contribution in [0.25, 0.3) is 22.9 Å². The molecule has 0 aliphatic rings. The molecule has 1 N–H and O–H groups in total. The molecule has 0 spiro atoms. The lowest BCUT2D eigenvalue weighted by atomic mass is 10.0. The van der Waals surface area contributed by atoms with Crippen molar-refractivity contribution in [1.29, 1.82) is 0 Å². The summed E-state index contributed by atoms with van der Waals surface area (Å²) in [7, 11) is 0. The number of nitrogens with one attached hydrogen (secondary N) is 1. The summed E-state index contributed by atoms with van der Waals surface area (Å²) in [6, 6.07) is 19.9. The molecule has 0 unspecified atom stereocenters. The molecule has 0 aliphatic carbocycles. The van der Waals surface area contributed by atoms with E-state index in [0.29, 0.717) is 28.7 Å². The SMILES string of the molecule is O=C(/C=C/c1ccc(-c2ccccc2)cc1)NCCc1cn2cc(Cl)cc(Cl)c2n1. The molecule has 0 saturated carbocycles. The van der Waals surface area contributed by atoms with Crippen molar-refractivity contribution in [3.8, 4) is 11.1 Å². The van der Waals surface area contributed by atoms with E-state index in [9.17, 15) is 4.79 Å². The average molecular weight is 436 g/mol. The second kappa shape index (κ2) is 9.16. The van der Waals surface area contributed by atoms with Crippen LogP contribution in [0, 0.1) is 0 Å². The highest BCUT2D eigenvalue weighted by atomic mass is 35.5. The summed E-state index contributed by atoms with van der Waals surface area (Å²) >= 11 is 12.2. The Bertz CT molecular complexity index is 1200. The highest BCUT2D eigenvalue weighted by Gasteiger charge is 2.07. The molecular formula is C24H19Cl2N3O. The number of rotatable bonds is 6. The van der Waals surface area contributed by atoms with Crippen LogP contribution in [0.3, 0.4) is 0 Å². The maximum absolute atomic E-state index is 12.1. The van der Waals surface area contributed by atoms with Gasteiger partial charge in [0.1, 0.15) is 0 Å². The third-order valence-corrected chi connectivity index (χ3v) is 5.13. The van der Waals surface area contributed by atoms with Gasteiger partial charge in [-0.3, -0.25) is 4.79 Å². The largest absolute Gasteiger partial charge is 0.352 e. The van der Waals surface area contributed by atoms with Crippen LogP contribution in [0.2, 0.25) is 10.0 Å². The van der Waals surface area contributed by atoms with E-state index in [0.717, 1.165) is 16.8 Å². The van der Waals surface area contributed by atoms with Gasteiger partial charge >= 0.3 is 0 Å². The first-order valence-corrected chi connectivity index (χ1v) is 10.3. The van der Waals surface area contributed by atoms with Crippen LogP contribution in [0.4, 0.5) is 0 Å². The molecule has 0 fully saturated rings. The van der Waals surface area contributed by atoms with E-state index in [1.54, 1.807) is 22.7 Å². The summed E-state index contributed by atoms with van der Waals surface area (Å²) in [5.41, 5.74) is 4.77. The number of amides is 1. The lowest BCUT2D eigenvalue weighted by Gasteiger charge is -2.02. The third kappa shape index (κ3) is 4.90. The van der Waals surface area contributed by atoms with Crippen molar-refractivity contribution in [2.75, 3.05) is 6.54 Å². The smallest absolute Gasteiger partial charge is 0.244 e. The molecule has 6 heteroatoms. The van der Waals surface area contributed by atoms with Crippen molar-refractivity contribution in [1.82, 2.24) is 14.7 Å². The molecule has 30 heavy (non-hydrogen) atoms. The summed E-state index contributed by atoms with van der Waals surface area (Å²) in [5, 5.41) is 3.92. The zero-order valence-electron chi connectivity index (χ0n) is 16.1. The minimum absolute atomic E-state index is 0.146. The van der Waals surface area contributed by atoms with E-state index in [4.69, 9.17) is 23.2 Å². The first-order chi connectivity index (χ1) is 14.6. The van der Waals surface area contributed by atoms with Crippen molar-refractivity contribution >= 4 is 40.8 Å². The molecule has 1 amide bonds. The topological polar surface area (TPSA) is 46.4 Å². The minimum atomic E-state index is -0.146. The molecule has 150 valence electrons. The van der Waals surface area contributed by atoms with E-state index in [-0.39, 0.29) is 5.91 Å². The predicted octanol–water partition coefficient (Wildman–Crippen LogP) is 5.68. The number of nitrogens with zero attached hydrogens (tertiary/aromatic N) is 2. The highest BCUT2D eigenvalue weighted by Crippen LogP contribution is 2.22. The van der Waals surface area contributed by atoms with Crippen LogP contribution >= 0.6 is 23.2 Å². The Hall–Kier alpha value is -3.08. The molecule has 0 radical (unpaired) electrons. The van der Waals surface area contributed by atoms with E-state index in [1.807, 2.05) is 48.7 Å². The minimum Gasteiger partial charge on any atom is -0.352 e. The molecular weight excluding hydrogens is 417 g/mol.